The van der Waals surface area contributed by atoms with Gasteiger partial charge in [-0.1, -0.05) is 17.7 Å². The van der Waals surface area contributed by atoms with E-state index in [1.807, 2.05) is 5.38 Å². The Balaban J connectivity index is 1.50. The van der Waals surface area contributed by atoms with Crippen LogP contribution in [0.1, 0.15) is 39.3 Å². The second-order valence-corrected chi connectivity index (χ2v) is 7.33. The first-order valence-electron chi connectivity index (χ1n) is 8.25. The number of rotatable bonds is 7. The van der Waals surface area contributed by atoms with Gasteiger partial charge < -0.3 is 16.0 Å². The van der Waals surface area contributed by atoms with Crippen molar-refractivity contribution in [3.8, 4) is 0 Å². The van der Waals surface area contributed by atoms with Crippen LogP contribution < -0.4 is 16.0 Å². The molecule has 1 aliphatic carbocycles. The second-order valence-electron chi connectivity index (χ2n) is 5.97. The molecular weight excluding hydrogens is 374 g/mol. The summed E-state index contributed by atoms with van der Waals surface area (Å²) in [5, 5.41) is 10.4. The Kier molecular flexibility index (Phi) is 5.90. The molecule has 26 heavy (non-hydrogen) atoms. The maximum Gasteiger partial charge on any atom is 0.261 e. The molecule has 1 fully saturated rings. The number of amides is 3. The first kappa shape index (κ1) is 18.4. The van der Waals surface area contributed by atoms with E-state index in [9.17, 15) is 14.4 Å². The minimum absolute atomic E-state index is 0.128. The lowest BCUT2D eigenvalue weighted by Crippen LogP contribution is -2.27. The first-order chi connectivity index (χ1) is 12.5. The fraction of sp³-hybridized carbons (Fsp3) is 0.278. The van der Waals surface area contributed by atoms with E-state index in [1.54, 1.807) is 30.3 Å². The van der Waals surface area contributed by atoms with Crippen LogP contribution in [0.4, 0.5) is 5.69 Å². The average Bonchev–Trinajstić information content (AvgIpc) is 3.24. The van der Waals surface area contributed by atoms with Gasteiger partial charge in [-0.3, -0.25) is 14.4 Å². The summed E-state index contributed by atoms with van der Waals surface area (Å²) in [7, 11) is 0. The molecule has 1 saturated carbocycles. The molecule has 1 aromatic heterocycles. The van der Waals surface area contributed by atoms with Crippen LogP contribution in [0.2, 0.25) is 5.02 Å². The number of carbonyl (C=O) groups is 3. The Morgan fingerprint density at radius 2 is 1.96 bits per heavy atom. The Labute approximate surface area is 159 Å². The molecule has 8 heteroatoms. The number of benzene rings is 1. The summed E-state index contributed by atoms with van der Waals surface area (Å²) in [6.45, 7) is 0.227. The van der Waals surface area contributed by atoms with Crippen molar-refractivity contribution in [2.24, 2.45) is 0 Å². The number of anilines is 1. The van der Waals surface area contributed by atoms with E-state index in [-0.39, 0.29) is 36.7 Å². The lowest BCUT2D eigenvalue weighted by atomic mass is 10.1. The van der Waals surface area contributed by atoms with E-state index in [4.69, 9.17) is 11.6 Å². The van der Waals surface area contributed by atoms with Crippen molar-refractivity contribution in [3.05, 3.63) is 51.2 Å². The van der Waals surface area contributed by atoms with Crippen LogP contribution >= 0.6 is 22.9 Å². The molecule has 6 nitrogen and oxygen atoms in total. The number of hydrogen-bond donors (Lipinski definition) is 3. The van der Waals surface area contributed by atoms with Crippen LogP contribution in [0.5, 0.6) is 0 Å². The van der Waals surface area contributed by atoms with Crippen LogP contribution in [0, 0.1) is 0 Å². The van der Waals surface area contributed by atoms with E-state index in [2.05, 4.69) is 16.0 Å². The predicted octanol–water partition coefficient (Wildman–Crippen LogP) is 3.05. The van der Waals surface area contributed by atoms with Crippen molar-refractivity contribution in [1.29, 1.82) is 0 Å². The summed E-state index contributed by atoms with van der Waals surface area (Å²) in [5.41, 5.74) is 0.826. The smallest absolute Gasteiger partial charge is 0.261 e. The van der Waals surface area contributed by atoms with Crippen molar-refractivity contribution < 1.29 is 14.4 Å². The van der Waals surface area contributed by atoms with E-state index in [0.29, 0.717) is 21.2 Å². The third-order valence-corrected chi connectivity index (χ3v) is 4.99. The van der Waals surface area contributed by atoms with E-state index >= 15 is 0 Å². The maximum atomic E-state index is 12.2. The molecule has 0 atom stereocenters. The van der Waals surface area contributed by atoms with E-state index < -0.39 is 0 Å². The first-order valence-corrected chi connectivity index (χ1v) is 9.50. The highest BCUT2D eigenvalue weighted by Crippen LogP contribution is 2.24. The molecule has 3 amide bonds. The number of hydrogen-bond acceptors (Lipinski definition) is 4. The van der Waals surface area contributed by atoms with Gasteiger partial charge in [-0.15, -0.1) is 11.3 Å². The van der Waals surface area contributed by atoms with Crippen LogP contribution in [0.15, 0.2) is 35.7 Å². The number of thiophene rings is 1. The summed E-state index contributed by atoms with van der Waals surface area (Å²) >= 11 is 7.42. The lowest BCUT2D eigenvalue weighted by Gasteiger charge is -2.10. The molecule has 0 unspecified atom stereocenters. The van der Waals surface area contributed by atoms with Gasteiger partial charge in [-0.25, -0.2) is 0 Å². The molecule has 0 saturated heterocycles. The van der Waals surface area contributed by atoms with Crippen molar-refractivity contribution in [2.45, 2.75) is 25.3 Å². The highest BCUT2D eigenvalue weighted by molar-refractivity contribution is 7.12. The predicted molar refractivity (Wildman–Crippen MR) is 102 cm³/mol. The van der Waals surface area contributed by atoms with Gasteiger partial charge in [0.05, 0.1) is 15.5 Å². The summed E-state index contributed by atoms with van der Waals surface area (Å²) < 4.78 is 0. The van der Waals surface area contributed by atoms with Crippen LogP contribution in [-0.2, 0) is 4.79 Å². The highest BCUT2D eigenvalue weighted by atomic mass is 35.5. The average molecular weight is 392 g/mol. The SMILES string of the molecule is O=C(CCNC(=O)c1cccs1)Nc1ccc(Cl)c(C(=O)NC2CC2)c1. The molecule has 0 bridgehead atoms. The fourth-order valence-electron chi connectivity index (χ4n) is 2.28. The van der Waals surface area contributed by atoms with Crippen LogP contribution in [0.3, 0.4) is 0 Å². The summed E-state index contributed by atoms with van der Waals surface area (Å²) in [6, 6.07) is 8.52. The molecule has 2 aromatic rings. The van der Waals surface area contributed by atoms with Gasteiger partial charge in [0, 0.05) is 24.7 Å². The van der Waals surface area contributed by atoms with Gasteiger partial charge in [0.25, 0.3) is 11.8 Å². The minimum Gasteiger partial charge on any atom is -0.351 e. The molecule has 3 N–H and O–H groups in total. The monoisotopic (exact) mass is 391 g/mol. The standard InChI is InChI=1S/C18H18ClN3O3S/c19-14-6-5-12(10-13(14)17(24)22-11-3-4-11)21-16(23)7-8-20-18(25)15-2-1-9-26-15/h1-2,5-6,9-11H,3-4,7-8H2,(H,20,25)(H,21,23)(H,22,24). The molecule has 0 aliphatic heterocycles. The minimum atomic E-state index is -0.257. The molecule has 3 rings (SSSR count). The lowest BCUT2D eigenvalue weighted by molar-refractivity contribution is -0.116. The van der Waals surface area contributed by atoms with Gasteiger partial charge in [-0.2, -0.15) is 0 Å². The van der Waals surface area contributed by atoms with Crippen molar-refractivity contribution in [2.75, 3.05) is 11.9 Å². The zero-order valence-electron chi connectivity index (χ0n) is 13.9. The van der Waals surface area contributed by atoms with E-state index in [1.165, 1.54) is 11.3 Å². The summed E-state index contributed by atoms with van der Waals surface area (Å²) in [6.07, 6.45) is 2.09. The van der Waals surface area contributed by atoms with E-state index in [0.717, 1.165) is 12.8 Å². The molecule has 1 aromatic carbocycles. The van der Waals surface area contributed by atoms with Gasteiger partial charge in [0.1, 0.15) is 0 Å². The van der Waals surface area contributed by atoms with Crippen molar-refractivity contribution >= 4 is 46.3 Å². The van der Waals surface area contributed by atoms with Gasteiger partial charge >= 0.3 is 0 Å². The molecule has 1 heterocycles. The fourth-order valence-corrected chi connectivity index (χ4v) is 3.12. The largest absolute Gasteiger partial charge is 0.351 e. The highest BCUT2D eigenvalue weighted by Gasteiger charge is 2.24. The normalized spacial score (nSPS) is 13.1. The molecule has 136 valence electrons. The molecule has 1 aliphatic rings. The molecule has 0 radical (unpaired) electrons. The van der Waals surface area contributed by atoms with Crippen LogP contribution in [-0.4, -0.2) is 30.3 Å². The van der Waals surface area contributed by atoms with Gasteiger partial charge in [-0.05, 0) is 42.5 Å². The third kappa shape index (κ3) is 5.06. The Hall–Kier alpha value is -2.38. The van der Waals surface area contributed by atoms with Crippen molar-refractivity contribution in [3.63, 3.8) is 0 Å². The zero-order valence-corrected chi connectivity index (χ0v) is 15.5. The number of halogens is 1. The Morgan fingerprint density at radius 1 is 1.15 bits per heavy atom. The zero-order chi connectivity index (χ0) is 18.5. The summed E-state index contributed by atoms with van der Waals surface area (Å²) in [5.74, 6) is -0.692. The van der Waals surface area contributed by atoms with Crippen molar-refractivity contribution in [1.82, 2.24) is 10.6 Å². The quantitative estimate of drug-likeness (QED) is 0.677. The van der Waals surface area contributed by atoms with Gasteiger partial charge in [0.2, 0.25) is 5.91 Å². The van der Waals surface area contributed by atoms with Gasteiger partial charge in [0.15, 0.2) is 0 Å². The second kappa shape index (κ2) is 8.33. The Bertz CT molecular complexity index is 819. The molecular formula is C18H18ClN3O3S. The maximum absolute atomic E-state index is 12.2. The number of carbonyl (C=O) groups excluding carboxylic acids is 3. The topological polar surface area (TPSA) is 87.3 Å². The Morgan fingerprint density at radius 3 is 2.65 bits per heavy atom. The third-order valence-electron chi connectivity index (χ3n) is 3.79. The van der Waals surface area contributed by atoms with Crippen LogP contribution in [0.25, 0.3) is 0 Å². The molecule has 0 spiro atoms. The summed E-state index contributed by atoms with van der Waals surface area (Å²) in [4.78, 5) is 36.6. The number of nitrogens with one attached hydrogen (secondary N) is 3.